The van der Waals surface area contributed by atoms with Crippen molar-refractivity contribution < 1.29 is 39.3 Å². The molecule has 0 aliphatic rings. The molecular weight excluding hydrogens is 535 g/mol. The van der Waals surface area contributed by atoms with Crippen molar-refractivity contribution in [2.75, 3.05) is 11.9 Å². The van der Waals surface area contributed by atoms with Crippen molar-refractivity contribution in [2.24, 2.45) is 0 Å². The average Bonchev–Trinajstić information content (AvgIpc) is 2.71. The van der Waals surface area contributed by atoms with E-state index in [0.29, 0.717) is 18.5 Å². The van der Waals surface area contributed by atoms with Crippen LogP contribution in [-0.2, 0) is 14.4 Å². The van der Waals surface area contributed by atoms with Crippen LogP contribution in [0, 0.1) is 3.57 Å². The molecule has 0 radical (unpaired) electrons. The first-order valence-electron chi connectivity index (χ1n) is 9.63. The number of carbonyl (C=O) groups excluding carboxylic acids is 2. The first-order chi connectivity index (χ1) is 15.1. The van der Waals surface area contributed by atoms with Crippen LogP contribution in [0.5, 0.6) is 0 Å². The van der Waals surface area contributed by atoms with Gasteiger partial charge in [-0.25, -0.2) is 19.2 Å². The number of hydrogen-bond donors (Lipinski definition) is 7. The number of benzene rings is 1. The van der Waals surface area contributed by atoms with Crippen LogP contribution in [0.1, 0.15) is 32.1 Å². The smallest absolute Gasteiger partial charge is 0.326 e. The lowest BCUT2D eigenvalue weighted by Crippen LogP contribution is -2.51. The Hall–Kier alpha value is -3.10. The zero-order valence-corrected chi connectivity index (χ0v) is 19.1. The number of rotatable bonds is 13. The van der Waals surface area contributed by atoms with Gasteiger partial charge in [-0.1, -0.05) is 0 Å². The van der Waals surface area contributed by atoms with Crippen LogP contribution >= 0.6 is 22.6 Å². The lowest BCUT2D eigenvalue weighted by Gasteiger charge is -2.18. The van der Waals surface area contributed by atoms with Crippen molar-refractivity contribution in [2.45, 2.75) is 44.2 Å². The molecule has 0 saturated heterocycles. The molecule has 7 N–H and O–H groups in total. The fourth-order valence-electron chi connectivity index (χ4n) is 2.52. The Morgan fingerprint density at radius 1 is 0.812 bits per heavy atom. The number of carbonyl (C=O) groups is 5. The molecule has 4 amide bonds. The van der Waals surface area contributed by atoms with Gasteiger partial charge in [0, 0.05) is 22.2 Å². The molecule has 0 heterocycles. The van der Waals surface area contributed by atoms with Crippen molar-refractivity contribution in [3.8, 4) is 0 Å². The quantitative estimate of drug-likeness (QED) is 0.140. The van der Waals surface area contributed by atoms with Gasteiger partial charge >= 0.3 is 30.0 Å². The van der Waals surface area contributed by atoms with Gasteiger partial charge in [0.1, 0.15) is 12.1 Å². The van der Waals surface area contributed by atoms with Crippen molar-refractivity contribution >= 4 is 58.2 Å². The van der Waals surface area contributed by atoms with Gasteiger partial charge < -0.3 is 36.6 Å². The van der Waals surface area contributed by atoms with Gasteiger partial charge in [-0.05, 0) is 72.5 Å². The second-order valence-corrected chi connectivity index (χ2v) is 7.96. The van der Waals surface area contributed by atoms with Crippen molar-refractivity contribution in [1.29, 1.82) is 0 Å². The molecule has 176 valence electrons. The average molecular weight is 560 g/mol. The molecule has 0 fully saturated rings. The van der Waals surface area contributed by atoms with E-state index in [1.165, 1.54) is 0 Å². The van der Waals surface area contributed by atoms with Gasteiger partial charge in [0.15, 0.2) is 0 Å². The van der Waals surface area contributed by atoms with Crippen LogP contribution in [0.2, 0.25) is 0 Å². The molecule has 0 aromatic heterocycles. The largest absolute Gasteiger partial charge is 0.481 e. The molecule has 0 unspecified atom stereocenters. The molecule has 0 spiro atoms. The van der Waals surface area contributed by atoms with E-state index in [1.54, 1.807) is 12.1 Å². The molecule has 12 nitrogen and oxygen atoms in total. The van der Waals surface area contributed by atoms with E-state index in [4.69, 9.17) is 10.2 Å². The summed E-state index contributed by atoms with van der Waals surface area (Å²) < 4.78 is 1.03. The molecule has 0 aliphatic heterocycles. The van der Waals surface area contributed by atoms with E-state index in [9.17, 15) is 29.1 Å². The fourth-order valence-corrected chi connectivity index (χ4v) is 2.88. The zero-order valence-electron chi connectivity index (χ0n) is 17.0. The predicted octanol–water partition coefficient (Wildman–Crippen LogP) is 1.65. The van der Waals surface area contributed by atoms with Crippen LogP contribution < -0.4 is 21.3 Å². The molecular formula is C19H25IN4O8. The normalized spacial score (nSPS) is 12.2. The number of unbranched alkanes of at least 4 members (excludes halogenated alkanes) is 1. The van der Waals surface area contributed by atoms with E-state index >= 15 is 0 Å². The maximum absolute atomic E-state index is 11.9. The van der Waals surface area contributed by atoms with E-state index in [2.05, 4.69) is 43.9 Å². The Balaban J connectivity index is 2.36. The summed E-state index contributed by atoms with van der Waals surface area (Å²) in [7, 11) is 0. The maximum Gasteiger partial charge on any atom is 0.326 e. The first-order valence-corrected chi connectivity index (χ1v) is 10.7. The maximum atomic E-state index is 11.9. The third kappa shape index (κ3) is 11.3. The van der Waals surface area contributed by atoms with Crippen molar-refractivity contribution in [3.05, 3.63) is 27.8 Å². The highest BCUT2D eigenvalue weighted by Crippen LogP contribution is 2.10. The molecule has 32 heavy (non-hydrogen) atoms. The molecule has 0 saturated carbocycles. The van der Waals surface area contributed by atoms with Crippen molar-refractivity contribution in [1.82, 2.24) is 16.0 Å². The lowest BCUT2D eigenvalue weighted by atomic mass is 10.1. The fraction of sp³-hybridized carbons (Fsp3) is 0.421. The van der Waals surface area contributed by atoms with E-state index in [0.717, 1.165) is 3.57 Å². The molecule has 0 aliphatic carbocycles. The Labute approximate surface area is 197 Å². The van der Waals surface area contributed by atoms with E-state index in [-0.39, 0.29) is 19.4 Å². The van der Waals surface area contributed by atoms with Crippen LogP contribution in [0.4, 0.5) is 15.3 Å². The Morgan fingerprint density at radius 3 is 1.91 bits per heavy atom. The SMILES string of the molecule is O=C(O)CC[C@H](NC(=O)N[C@H](CCCCNC(=O)Nc1ccc([123I])cc1)C(=O)O)C(=O)O. The van der Waals surface area contributed by atoms with Gasteiger partial charge in [-0.2, -0.15) is 0 Å². The van der Waals surface area contributed by atoms with E-state index < -0.39 is 48.5 Å². The summed E-state index contributed by atoms with van der Waals surface area (Å²) in [5.74, 6) is -3.95. The number of amides is 4. The highest BCUT2D eigenvalue weighted by molar-refractivity contribution is 14.1. The Kier molecular flexibility index (Phi) is 11.8. The van der Waals surface area contributed by atoms with Crippen molar-refractivity contribution in [3.63, 3.8) is 0 Å². The van der Waals surface area contributed by atoms with Gasteiger partial charge in [0.2, 0.25) is 0 Å². The summed E-state index contributed by atoms with van der Waals surface area (Å²) in [5, 5.41) is 36.4. The second-order valence-electron chi connectivity index (χ2n) is 6.72. The van der Waals surface area contributed by atoms with Gasteiger partial charge in [0.25, 0.3) is 0 Å². The summed E-state index contributed by atoms with van der Waals surface area (Å²) in [6.07, 6.45) is 0.0531. The number of halogens is 1. The Morgan fingerprint density at radius 2 is 1.38 bits per heavy atom. The number of aliphatic carboxylic acids is 3. The summed E-state index contributed by atoms with van der Waals surface area (Å²) in [6.45, 7) is 0.283. The monoisotopic (exact) mass is 560 g/mol. The summed E-state index contributed by atoms with van der Waals surface area (Å²) in [4.78, 5) is 56.8. The molecule has 1 aromatic carbocycles. The lowest BCUT2D eigenvalue weighted by molar-refractivity contribution is -0.140. The number of carboxylic acid groups (broad SMARTS) is 3. The molecule has 0 bridgehead atoms. The summed E-state index contributed by atoms with van der Waals surface area (Å²) >= 11 is 2.15. The van der Waals surface area contributed by atoms with Gasteiger partial charge in [-0.3, -0.25) is 4.79 Å². The van der Waals surface area contributed by atoms with Gasteiger partial charge in [-0.15, -0.1) is 0 Å². The second kappa shape index (κ2) is 14.1. The number of nitrogens with one attached hydrogen (secondary N) is 4. The minimum atomic E-state index is -1.46. The third-order valence-electron chi connectivity index (χ3n) is 4.16. The zero-order chi connectivity index (χ0) is 24.1. The minimum absolute atomic E-state index is 0.0516. The molecule has 1 rings (SSSR count). The number of carboxylic acids is 3. The predicted molar refractivity (Wildman–Crippen MR) is 121 cm³/mol. The van der Waals surface area contributed by atoms with Gasteiger partial charge in [0.05, 0.1) is 0 Å². The number of anilines is 1. The number of hydrogen-bond acceptors (Lipinski definition) is 5. The molecule has 2 atom stereocenters. The highest BCUT2D eigenvalue weighted by Gasteiger charge is 2.24. The topological polar surface area (TPSA) is 194 Å². The number of urea groups is 2. The third-order valence-corrected chi connectivity index (χ3v) is 4.88. The molecule has 1 aromatic rings. The van der Waals surface area contributed by atoms with Crippen LogP contribution in [-0.4, -0.2) is 63.9 Å². The van der Waals surface area contributed by atoms with E-state index in [1.807, 2.05) is 12.1 Å². The van der Waals surface area contributed by atoms with Crippen LogP contribution in [0.3, 0.4) is 0 Å². The van der Waals surface area contributed by atoms with Crippen LogP contribution in [0.15, 0.2) is 24.3 Å². The standard InChI is InChI=1S/C19H25IN4O8/c20-11-4-6-12(7-5-11)22-18(31)21-10-2-1-3-13(16(27)28)23-19(32)24-14(17(29)30)8-9-15(25)26/h4-7,13-14H,1-3,8-10H2,(H,25,26)(H,27,28)(H,29,30)(H2,21,22,31)(H2,23,24,32)/t13-,14+/m1/s1/i20-4. The highest BCUT2D eigenvalue weighted by atomic mass is 123. The molecule has 13 heteroatoms. The summed E-state index contributed by atoms with van der Waals surface area (Å²) in [6, 6.07) is 3.04. The first kappa shape index (κ1) is 26.9. The Bertz CT molecular complexity index is 818. The summed E-state index contributed by atoms with van der Waals surface area (Å²) in [5.41, 5.74) is 0.632. The minimum Gasteiger partial charge on any atom is -0.481 e. The van der Waals surface area contributed by atoms with Crippen LogP contribution in [0.25, 0.3) is 0 Å².